The third-order valence-electron chi connectivity index (χ3n) is 4.38. The third kappa shape index (κ3) is 4.04. The fourth-order valence-electron chi connectivity index (χ4n) is 3.01. The van der Waals surface area contributed by atoms with Crippen molar-refractivity contribution in [2.24, 2.45) is 0 Å². The van der Waals surface area contributed by atoms with Crippen molar-refractivity contribution in [3.63, 3.8) is 0 Å². The molecule has 0 amide bonds. The first-order valence-electron chi connectivity index (χ1n) is 8.99. The first-order valence-corrected chi connectivity index (χ1v) is 10.7. The van der Waals surface area contributed by atoms with Crippen LogP contribution in [0.4, 0.5) is 0 Å². The number of hydrogen-bond acceptors (Lipinski definition) is 6. The van der Waals surface area contributed by atoms with E-state index in [4.69, 9.17) is 14.5 Å². The standard InChI is InChI=1S/C21H18BrN3O3S/c1-3-28-18-7-4-13(8-19(18)27-2)20-24-15(11-29-20)10-25-12-23-17-6-5-14(22)9-16(17)21(25)26/h4-9,11-12H,3,10H2,1-2H3. The number of hydrogen-bond donors (Lipinski definition) is 0. The van der Waals surface area contributed by atoms with Gasteiger partial charge in [-0.15, -0.1) is 11.3 Å². The van der Waals surface area contributed by atoms with E-state index in [0.29, 0.717) is 35.6 Å². The molecule has 0 bridgehead atoms. The van der Waals surface area contributed by atoms with Crippen molar-refractivity contribution in [1.82, 2.24) is 14.5 Å². The van der Waals surface area contributed by atoms with Crippen molar-refractivity contribution in [2.45, 2.75) is 13.5 Å². The molecule has 0 aliphatic carbocycles. The SMILES string of the molecule is CCOc1ccc(-c2nc(Cn3cnc4ccc(Br)cc4c3=O)cs2)cc1OC. The highest BCUT2D eigenvalue weighted by atomic mass is 79.9. The van der Waals surface area contributed by atoms with E-state index in [9.17, 15) is 4.79 Å². The molecular weight excluding hydrogens is 454 g/mol. The van der Waals surface area contributed by atoms with E-state index in [1.54, 1.807) is 24.1 Å². The van der Waals surface area contributed by atoms with E-state index < -0.39 is 0 Å². The van der Waals surface area contributed by atoms with Crippen LogP contribution >= 0.6 is 27.3 Å². The Morgan fingerprint density at radius 1 is 1.17 bits per heavy atom. The normalized spacial score (nSPS) is 11.0. The van der Waals surface area contributed by atoms with Crippen LogP contribution in [0, 0.1) is 0 Å². The minimum absolute atomic E-state index is 0.0893. The number of methoxy groups -OCH3 is 1. The number of rotatable bonds is 6. The molecule has 0 saturated heterocycles. The number of fused-ring (bicyclic) bond motifs is 1. The van der Waals surface area contributed by atoms with E-state index in [-0.39, 0.29) is 5.56 Å². The largest absolute Gasteiger partial charge is 0.493 e. The zero-order chi connectivity index (χ0) is 20.4. The summed E-state index contributed by atoms with van der Waals surface area (Å²) in [6.07, 6.45) is 1.57. The second-order valence-corrected chi connectivity index (χ2v) is 8.06. The average molecular weight is 472 g/mol. The molecule has 0 aliphatic rings. The van der Waals surface area contributed by atoms with Crippen LogP contribution in [0.3, 0.4) is 0 Å². The highest BCUT2D eigenvalue weighted by Gasteiger charge is 2.12. The van der Waals surface area contributed by atoms with Gasteiger partial charge in [0.2, 0.25) is 0 Å². The van der Waals surface area contributed by atoms with Crippen molar-refractivity contribution < 1.29 is 9.47 Å². The molecular formula is C21H18BrN3O3S. The van der Waals surface area contributed by atoms with Crippen molar-refractivity contribution in [2.75, 3.05) is 13.7 Å². The Morgan fingerprint density at radius 3 is 2.83 bits per heavy atom. The van der Waals surface area contributed by atoms with E-state index in [1.807, 2.05) is 42.6 Å². The van der Waals surface area contributed by atoms with E-state index in [0.717, 1.165) is 20.7 Å². The molecule has 0 spiro atoms. The average Bonchev–Trinajstić information content (AvgIpc) is 3.19. The topological polar surface area (TPSA) is 66.2 Å². The van der Waals surface area contributed by atoms with E-state index >= 15 is 0 Å². The van der Waals surface area contributed by atoms with Crippen LogP contribution in [0.15, 0.2) is 57.4 Å². The van der Waals surface area contributed by atoms with Crippen molar-refractivity contribution in [3.05, 3.63) is 68.6 Å². The predicted molar refractivity (Wildman–Crippen MR) is 118 cm³/mol. The molecule has 2 aromatic heterocycles. The summed E-state index contributed by atoms with van der Waals surface area (Å²) in [6, 6.07) is 11.2. The van der Waals surface area contributed by atoms with Gasteiger partial charge in [-0.05, 0) is 43.3 Å². The van der Waals surface area contributed by atoms with Crippen LogP contribution in [-0.4, -0.2) is 28.3 Å². The number of nitrogens with zero attached hydrogens (tertiary/aromatic N) is 3. The Kier molecular flexibility index (Phi) is 5.64. The molecule has 0 atom stereocenters. The minimum atomic E-state index is -0.0893. The molecule has 2 heterocycles. The molecule has 6 nitrogen and oxygen atoms in total. The summed E-state index contributed by atoms with van der Waals surface area (Å²) < 4.78 is 13.4. The molecule has 0 aliphatic heterocycles. The molecule has 148 valence electrons. The summed E-state index contributed by atoms with van der Waals surface area (Å²) in [4.78, 5) is 21.9. The molecule has 4 rings (SSSR count). The fraction of sp³-hybridized carbons (Fsp3) is 0.190. The van der Waals surface area contributed by atoms with E-state index in [1.165, 1.54) is 11.3 Å². The highest BCUT2D eigenvalue weighted by Crippen LogP contribution is 2.33. The Hall–Kier alpha value is -2.71. The number of halogens is 1. The maximum absolute atomic E-state index is 12.8. The molecule has 2 aromatic carbocycles. The molecule has 0 unspecified atom stereocenters. The van der Waals surface area contributed by atoms with Crippen molar-refractivity contribution >= 4 is 38.2 Å². The van der Waals surface area contributed by atoms with E-state index in [2.05, 4.69) is 20.9 Å². The smallest absolute Gasteiger partial charge is 0.261 e. The predicted octanol–water partition coefficient (Wildman–Crippen LogP) is 4.74. The lowest BCUT2D eigenvalue weighted by Crippen LogP contribution is -2.21. The maximum atomic E-state index is 12.8. The molecule has 0 fully saturated rings. The van der Waals surface area contributed by atoms with Crippen LogP contribution in [0.5, 0.6) is 11.5 Å². The van der Waals surface area contributed by atoms with Gasteiger partial charge in [-0.3, -0.25) is 9.36 Å². The Bertz CT molecular complexity index is 1240. The van der Waals surface area contributed by atoms with Crippen LogP contribution in [0.25, 0.3) is 21.5 Å². The summed E-state index contributed by atoms with van der Waals surface area (Å²) in [6.45, 7) is 2.86. The first-order chi connectivity index (χ1) is 14.1. The van der Waals surface area contributed by atoms with Crippen LogP contribution in [0.1, 0.15) is 12.6 Å². The summed E-state index contributed by atoms with van der Waals surface area (Å²) in [5, 5.41) is 3.38. The summed E-state index contributed by atoms with van der Waals surface area (Å²) in [7, 11) is 1.62. The minimum Gasteiger partial charge on any atom is -0.493 e. The Morgan fingerprint density at radius 2 is 2.03 bits per heavy atom. The molecule has 29 heavy (non-hydrogen) atoms. The lowest BCUT2D eigenvalue weighted by molar-refractivity contribution is 0.311. The van der Waals surface area contributed by atoms with Gasteiger partial charge in [0, 0.05) is 15.4 Å². The molecule has 0 saturated carbocycles. The highest BCUT2D eigenvalue weighted by molar-refractivity contribution is 9.10. The fourth-order valence-corrected chi connectivity index (χ4v) is 4.17. The van der Waals surface area contributed by atoms with Gasteiger partial charge in [0.05, 0.1) is 43.2 Å². The Balaban J connectivity index is 1.63. The lowest BCUT2D eigenvalue weighted by atomic mass is 10.2. The summed E-state index contributed by atoms with van der Waals surface area (Å²) >= 11 is 4.93. The zero-order valence-electron chi connectivity index (χ0n) is 15.9. The molecule has 4 aromatic rings. The first kappa shape index (κ1) is 19.6. The number of ether oxygens (including phenoxy) is 2. The molecule has 0 radical (unpaired) electrons. The summed E-state index contributed by atoms with van der Waals surface area (Å²) in [5.74, 6) is 1.37. The van der Waals surface area contributed by atoms with Crippen molar-refractivity contribution in [1.29, 1.82) is 0 Å². The van der Waals surface area contributed by atoms with Crippen LogP contribution < -0.4 is 15.0 Å². The molecule has 8 heteroatoms. The molecule has 0 N–H and O–H groups in total. The van der Waals surface area contributed by atoms with Gasteiger partial charge in [-0.2, -0.15) is 0 Å². The van der Waals surface area contributed by atoms with Crippen molar-refractivity contribution in [3.8, 4) is 22.1 Å². The lowest BCUT2D eigenvalue weighted by Gasteiger charge is -2.10. The monoisotopic (exact) mass is 471 g/mol. The van der Waals surface area contributed by atoms with Gasteiger partial charge in [-0.25, -0.2) is 9.97 Å². The summed E-state index contributed by atoms with van der Waals surface area (Å²) in [5.41, 5.74) is 2.33. The van der Waals surface area contributed by atoms with Crippen LogP contribution in [-0.2, 0) is 6.54 Å². The van der Waals surface area contributed by atoms with Gasteiger partial charge in [0.1, 0.15) is 5.01 Å². The Labute approximate surface area is 179 Å². The van der Waals surface area contributed by atoms with Gasteiger partial charge < -0.3 is 9.47 Å². The number of benzene rings is 2. The second-order valence-electron chi connectivity index (χ2n) is 6.28. The van der Waals surface area contributed by atoms with Gasteiger partial charge in [-0.1, -0.05) is 15.9 Å². The maximum Gasteiger partial charge on any atom is 0.261 e. The zero-order valence-corrected chi connectivity index (χ0v) is 18.3. The van der Waals surface area contributed by atoms with Gasteiger partial charge in [0.15, 0.2) is 11.5 Å². The number of aromatic nitrogens is 3. The van der Waals surface area contributed by atoms with Gasteiger partial charge in [0.25, 0.3) is 5.56 Å². The van der Waals surface area contributed by atoms with Crippen LogP contribution in [0.2, 0.25) is 0 Å². The number of thiazole rings is 1. The second kappa shape index (κ2) is 8.34. The van der Waals surface area contributed by atoms with Gasteiger partial charge >= 0.3 is 0 Å². The quantitative estimate of drug-likeness (QED) is 0.406. The third-order valence-corrected chi connectivity index (χ3v) is 5.81.